The third kappa shape index (κ3) is 7.37. The van der Waals surface area contributed by atoms with Crippen molar-refractivity contribution in [2.24, 2.45) is 4.99 Å². The summed E-state index contributed by atoms with van der Waals surface area (Å²) in [4.78, 5) is 15.9. The van der Waals surface area contributed by atoms with Gasteiger partial charge in [0, 0.05) is 26.2 Å². The van der Waals surface area contributed by atoms with Gasteiger partial charge in [-0.25, -0.2) is 0 Å². The summed E-state index contributed by atoms with van der Waals surface area (Å²) in [6, 6.07) is 3.32. The average molecular weight is 394 g/mol. The summed E-state index contributed by atoms with van der Waals surface area (Å²) in [5.74, 6) is 0.894. The summed E-state index contributed by atoms with van der Waals surface area (Å²) in [6.45, 7) is 6.82. The van der Waals surface area contributed by atoms with E-state index in [2.05, 4.69) is 27.9 Å². The Kier molecular flexibility index (Phi) is 10.8. The second kappa shape index (κ2) is 11.6. The van der Waals surface area contributed by atoms with Crippen molar-refractivity contribution >= 4 is 35.8 Å². The van der Waals surface area contributed by atoms with Crippen molar-refractivity contribution < 1.29 is 9.21 Å². The van der Waals surface area contributed by atoms with Gasteiger partial charge in [-0.15, -0.1) is 24.0 Å². The van der Waals surface area contributed by atoms with Gasteiger partial charge in [-0.3, -0.25) is 9.79 Å². The molecule has 0 saturated carbocycles. The Labute approximate surface area is 136 Å². The summed E-state index contributed by atoms with van der Waals surface area (Å²) in [5.41, 5.74) is 0. The predicted octanol–water partition coefficient (Wildman–Crippen LogP) is 1.59. The molecule has 3 N–H and O–H groups in total. The van der Waals surface area contributed by atoms with Gasteiger partial charge in [-0.1, -0.05) is 6.92 Å². The largest absolute Gasteiger partial charge is 0.459 e. The zero-order valence-electron chi connectivity index (χ0n) is 11.9. The Bertz CT molecular complexity index is 393. The van der Waals surface area contributed by atoms with E-state index in [0.717, 1.165) is 25.5 Å². The lowest BCUT2D eigenvalue weighted by Gasteiger charge is -2.11. The predicted molar refractivity (Wildman–Crippen MR) is 90.7 cm³/mol. The minimum atomic E-state index is -0.206. The van der Waals surface area contributed by atoms with Crippen molar-refractivity contribution in [2.75, 3.05) is 26.2 Å². The van der Waals surface area contributed by atoms with Crippen LogP contribution in [0, 0.1) is 0 Å². The van der Waals surface area contributed by atoms with E-state index in [4.69, 9.17) is 4.42 Å². The molecule has 0 bridgehead atoms. The third-order valence-electron chi connectivity index (χ3n) is 2.29. The number of halogens is 1. The monoisotopic (exact) mass is 394 g/mol. The molecule has 7 heteroatoms. The van der Waals surface area contributed by atoms with E-state index < -0.39 is 0 Å². The van der Waals surface area contributed by atoms with Crippen LogP contribution >= 0.6 is 24.0 Å². The normalized spacial score (nSPS) is 10.6. The van der Waals surface area contributed by atoms with Gasteiger partial charge in [0.25, 0.3) is 5.91 Å². The maximum atomic E-state index is 11.6. The molecule has 114 valence electrons. The molecule has 0 atom stereocenters. The van der Waals surface area contributed by atoms with Crippen molar-refractivity contribution in [2.45, 2.75) is 20.3 Å². The van der Waals surface area contributed by atoms with E-state index in [0.29, 0.717) is 18.8 Å². The van der Waals surface area contributed by atoms with Crippen molar-refractivity contribution in [3.63, 3.8) is 0 Å². The van der Waals surface area contributed by atoms with Gasteiger partial charge >= 0.3 is 0 Å². The molecule has 1 rings (SSSR count). The maximum Gasteiger partial charge on any atom is 0.287 e. The van der Waals surface area contributed by atoms with Crippen molar-refractivity contribution in [1.29, 1.82) is 0 Å². The summed E-state index contributed by atoms with van der Waals surface area (Å²) in [5, 5.41) is 9.05. The van der Waals surface area contributed by atoms with Gasteiger partial charge in [0.05, 0.1) is 6.26 Å². The number of carbonyl (C=O) groups excluding carboxylic acids is 1. The number of furan rings is 1. The number of guanidine groups is 1. The fourth-order valence-electron chi connectivity index (χ4n) is 1.42. The molecular formula is C13H23IN4O2. The van der Waals surface area contributed by atoms with Crippen LogP contribution in [0.3, 0.4) is 0 Å². The molecule has 0 unspecified atom stereocenters. The third-order valence-corrected chi connectivity index (χ3v) is 2.29. The van der Waals surface area contributed by atoms with E-state index in [9.17, 15) is 4.79 Å². The zero-order valence-corrected chi connectivity index (χ0v) is 14.3. The average Bonchev–Trinajstić information content (AvgIpc) is 2.94. The molecule has 1 amide bonds. The summed E-state index contributed by atoms with van der Waals surface area (Å²) >= 11 is 0. The molecule has 1 aromatic heterocycles. The van der Waals surface area contributed by atoms with Crippen LogP contribution in [0.4, 0.5) is 0 Å². The lowest BCUT2D eigenvalue weighted by molar-refractivity contribution is 0.0926. The van der Waals surface area contributed by atoms with Crippen LogP contribution in [0.15, 0.2) is 27.8 Å². The van der Waals surface area contributed by atoms with Gasteiger partial charge in [-0.2, -0.15) is 0 Å². The SMILES string of the molecule is CCCN=C(NCC)NCCNC(=O)c1ccco1.I. The summed E-state index contributed by atoms with van der Waals surface area (Å²) < 4.78 is 5.00. The van der Waals surface area contributed by atoms with Gasteiger partial charge < -0.3 is 20.4 Å². The standard InChI is InChI=1S/C13H22N4O2.HI/c1-3-7-16-13(14-4-2)17-9-8-15-12(18)11-6-5-10-19-11;/h5-6,10H,3-4,7-9H2,1-2H3,(H,15,18)(H2,14,16,17);1H. The number of hydrogen-bond acceptors (Lipinski definition) is 3. The molecule has 1 heterocycles. The highest BCUT2D eigenvalue weighted by Gasteiger charge is 2.06. The highest BCUT2D eigenvalue weighted by Crippen LogP contribution is 1.98. The number of carbonyl (C=O) groups is 1. The van der Waals surface area contributed by atoms with Crippen LogP contribution in [0.25, 0.3) is 0 Å². The molecule has 20 heavy (non-hydrogen) atoms. The second-order valence-corrected chi connectivity index (χ2v) is 3.92. The van der Waals surface area contributed by atoms with Crippen LogP contribution in [-0.4, -0.2) is 38.0 Å². The van der Waals surface area contributed by atoms with Gasteiger partial charge in [-0.05, 0) is 25.5 Å². The van der Waals surface area contributed by atoms with Crippen LogP contribution in [0.5, 0.6) is 0 Å². The van der Waals surface area contributed by atoms with Crippen LogP contribution < -0.4 is 16.0 Å². The van der Waals surface area contributed by atoms with E-state index in [1.54, 1.807) is 12.1 Å². The molecule has 6 nitrogen and oxygen atoms in total. The quantitative estimate of drug-likeness (QED) is 0.284. The number of nitrogens with zero attached hydrogens (tertiary/aromatic N) is 1. The Hall–Kier alpha value is -1.25. The Morgan fingerprint density at radius 1 is 1.25 bits per heavy atom. The first kappa shape index (κ1) is 18.8. The van der Waals surface area contributed by atoms with E-state index in [1.165, 1.54) is 6.26 Å². The highest BCUT2D eigenvalue weighted by molar-refractivity contribution is 14.0. The van der Waals surface area contributed by atoms with Crippen LogP contribution in [0.2, 0.25) is 0 Å². The first-order chi connectivity index (χ1) is 9.27. The molecule has 0 aromatic carbocycles. The van der Waals surface area contributed by atoms with E-state index in [1.807, 2.05) is 6.92 Å². The highest BCUT2D eigenvalue weighted by atomic mass is 127. The van der Waals surface area contributed by atoms with Crippen LogP contribution in [-0.2, 0) is 0 Å². The Morgan fingerprint density at radius 2 is 2.00 bits per heavy atom. The fourth-order valence-corrected chi connectivity index (χ4v) is 1.42. The number of rotatable bonds is 7. The number of hydrogen-bond donors (Lipinski definition) is 3. The smallest absolute Gasteiger partial charge is 0.287 e. The molecule has 0 spiro atoms. The van der Waals surface area contributed by atoms with Crippen molar-refractivity contribution in [1.82, 2.24) is 16.0 Å². The molecule has 0 aliphatic carbocycles. The zero-order chi connectivity index (χ0) is 13.9. The minimum Gasteiger partial charge on any atom is -0.459 e. The van der Waals surface area contributed by atoms with Gasteiger partial charge in [0.2, 0.25) is 0 Å². The fraction of sp³-hybridized carbons (Fsp3) is 0.538. The summed E-state index contributed by atoms with van der Waals surface area (Å²) in [6.07, 6.45) is 2.49. The second-order valence-electron chi connectivity index (χ2n) is 3.92. The lowest BCUT2D eigenvalue weighted by Crippen LogP contribution is -2.41. The topological polar surface area (TPSA) is 78.7 Å². The molecule has 1 aromatic rings. The van der Waals surface area contributed by atoms with Gasteiger partial charge in [0.1, 0.15) is 0 Å². The molecule has 0 aliphatic heterocycles. The maximum absolute atomic E-state index is 11.6. The van der Waals surface area contributed by atoms with Crippen molar-refractivity contribution in [3.05, 3.63) is 24.2 Å². The van der Waals surface area contributed by atoms with E-state index >= 15 is 0 Å². The number of aliphatic imine (C=N–C) groups is 1. The first-order valence-electron chi connectivity index (χ1n) is 6.61. The number of amides is 1. The number of nitrogens with one attached hydrogen (secondary N) is 3. The van der Waals surface area contributed by atoms with Crippen molar-refractivity contribution in [3.8, 4) is 0 Å². The minimum absolute atomic E-state index is 0. The molecular weight excluding hydrogens is 371 g/mol. The van der Waals surface area contributed by atoms with Gasteiger partial charge in [0.15, 0.2) is 11.7 Å². The summed E-state index contributed by atoms with van der Waals surface area (Å²) in [7, 11) is 0. The van der Waals surface area contributed by atoms with E-state index in [-0.39, 0.29) is 29.9 Å². The lowest BCUT2D eigenvalue weighted by atomic mass is 10.4. The Balaban J connectivity index is 0.00000361. The van der Waals surface area contributed by atoms with Crippen LogP contribution in [0.1, 0.15) is 30.8 Å². The molecule has 0 fully saturated rings. The first-order valence-corrected chi connectivity index (χ1v) is 6.61. The molecule has 0 radical (unpaired) electrons. The Morgan fingerprint density at radius 3 is 2.60 bits per heavy atom. The molecule has 0 aliphatic rings. The molecule has 0 saturated heterocycles.